The number of hydrogen-bond donors (Lipinski definition) is 1. The molecule has 0 saturated heterocycles. The standard InChI is InChI=1S/C16H19ClFN3/c1-16(2,3)15-20-13(14(19)21(15)10-5-6-10)11-7-4-9(18)8-12(11)17/h4,7-8,10H,5-6,19H2,1-3H3. The van der Waals surface area contributed by atoms with Gasteiger partial charge in [0.05, 0.1) is 5.02 Å². The van der Waals surface area contributed by atoms with E-state index in [0.717, 1.165) is 18.7 Å². The van der Waals surface area contributed by atoms with Crippen molar-refractivity contribution in [2.24, 2.45) is 0 Å². The number of nitrogen functional groups attached to an aromatic ring is 1. The van der Waals surface area contributed by atoms with Gasteiger partial charge in [-0.25, -0.2) is 9.37 Å². The fourth-order valence-corrected chi connectivity index (χ4v) is 2.81. The van der Waals surface area contributed by atoms with E-state index in [1.54, 1.807) is 6.07 Å². The summed E-state index contributed by atoms with van der Waals surface area (Å²) in [6.45, 7) is 6.34. The molecule has 0 bridgehead atoms. The highest BCUT2D eigenvalue weighted by Gasteiger charge is 2.34. The highest BCUT2D eigenvalue weighted by Crippen LogP contribution is 2.44. The first-order chi connectivity index (χ1) is 9.79. The van der Waals surface area contributed by atoms with Crippen molar-refractivity contribution < 1.29 is 4.39 Å². The summed E-state index contributed by atoms with van der Waals surface area (Å²) in [6.07, 6.45) is 2.25. The summed E-state index contributed by atoms with van der Waals surface area (Å²) in [6, 6.07) is 4.75. The second-order valence-corrected chi connectivity index (χ2v) is 7.05. The largest absolute Gasteiger partial charge is 0.383 e. The lowest BCUT2D eigenvalue weighted by molar-refractivity contribution is 0.504. The summed E-state index contributed by atoms with van der Waals surface area (Å²) in [5, 5.41) is 0.336. The van der Waals surface area contributed by atoms with Crippen molar-refractivity contribution in [3.8, 4) is 11.3 Å². The maximum Gasteiger partial charge on any atom is 0.132 e. The Kier molecular flexibility index (Phi) is 3.24. The Morgan fingerprint density at radius 3 is 2.52 bits per heavy atom. The van der Waals surface area contributed by atoms with Crippen LogP contribution in [0.15, 0.2) is 18.2 Å². The molecular weight excluding hydrogens is 289 g/mol. The van der Waals surface area contributed by atoms with Crippen LogP contribution in [-0.2, 0) is 5.41 Å². The predicted molar refractivity (Wildman–Crippen MR) is 84.0 cm³/mol. The lowest BCUT2D eigenvalue weighted by atomic mass is 9.95. The summed E-state index contributed by atoms with van der Waals surface area (Å²) in [7, 11) is 0. The number of anilines is 1. The van der Waals surface area contributed by atoms with E-state index in [1.807, 2.05) is 0 Å². The van der Waals surface area contributed by atoms with Gasteiger partial charge in [-0.2, -0.15) is 0 Å². The minimum atomic E-state index is -0.361. The number of hydrogen-bond acceptors (Lipinski definition) is 2. The van der Waals surface area contributed by atoms with Crippen LogP contribution in [0.3, 0.4) is 0 Å². The molecule has 0 amide bonds. The molecule has 1 aliphatic rings. The number of benzene rings is 1. The highest BCUT2D eigenvalue weighted by molar-refractivity contribution is 6.33. The summed E-state index contributed by atoms with van der Waals surface area (Å²) < 4.78 is 15.4. The first-order valence-corrected chi connectivity index (χ1v) is 7.50. The van der Waals surface area contributed by atoms with Gasteiger partial charge < -0.3 is 10.3 Å². The van der Waals surface area contributed by atoms with Gasteiger partial charge in [0.1, 0.15) is 23.2 Å². The number of aromatic nitrogens is 2. The third kappa shape index (κ3) is 2.53. The third-order valence-corrected chi connectivity index (χ3v) is 4.03. The van der Waals surface area contributed by atoms with E-state index in [4.69, 9.17) is 22.3 Å². The summed E-state index contributed by atoms with van der Waals surface area (Å²) in [5.41, 5.74) is 7.55. The fourth-order valence-electron chi connectivity index (χ4n) is 2.56. The molecule has 1 saturated carbocycles. The maximum absolute atomic E-state index is 13.2. The Balaban J connectivity index is 2.20. The van der Waals surface area contributed by atoms with Crippen molar-refractivity contribution in [2.75, 3.05) is 5.73 Å². The molecule has 2 N–H and O–H groups in total. The molecule has 0 aliphatic heterocycles. The van der Waals surface area contributed by atoms with Crippen LogP contribution in [-0.4, -0.2) is 9.55 Å². The summed E-state index contributed by atoms with van der Waals surface area (Å²) in [5.74, 6) is 1.22. The van der Waals surface area contributed by atoms with E-state index in [2.05, 4.69) is 25.3 Å². The Morgan fingerprint density at radius 1 is 1.33 bits per heavy atom. The average molecular weight is 308 g/mol. The maximum atomic E-state index is 13.2. The van der Waals surface area contributed by atoms with Gasteiger partial charge in [-0.1, -0.05) is 32.4 Å². The second-order valence-electron chi connectivity index (χ2n) is 6.64. The normalized spacial score (nSPS) is 15.5. The topological polar surface area (TPSA) is 43.8 Å². The molecule has 112 valence electrons. The second kappa shape index (κ2) is 4.73. The van der Waals surface area contributed by atoms with Gasteiger partial charge in [-0.3, -0.25) is 0 Å². The van der Waals surface area contributed by atoms with Gasteiger partial charge in [0, 0.05) is 17.0 Å². The van der Waals surface area contributed by atoms with Crippen molar-refractivity contribution in [3.05, 3.63) is 34.9 Å². The molecule has 0 radical (unpaired) electrons. The molecule has 0 atom stereocenters. The van der Waals surface area contributed by atoms with Crippen LogP contribution in [0, 0.1) is 5.82 Å². The summed E-state index contributed by atoms with van der Waals surface area (Å²) >= 11 is 6.16. The lowest BCUT2D eigenvalue weighted by Crippen LogP contribution is -2.19. The molecule has 3 nitrogen and oxygen atoms in total. The Morgan fingerprint density at radius 2 is 2.00 bits per heavy atom. The highest BCUT2D eigenvalue weighted by atomic mass is 35.5. The van der Waals surface area contributed by atoms with Crippen molar-refractivity contribution in [1.29, 1.82) is 0 Å². The predicted octanol–water partition coefficient (Wildman–Crippen LogP) is 4.56. The molecule has 2 aromatic rings. The first-order valence-electron chi connectivity index (χ1n) is 7.12. The number of rotatable bonds is 2. The van der Waals surface area contributed by atoms with Gasteiger partial charge in [0.25, 0.3) is 0 Å². The molecular formula is C16H19ClFN3. The lowest BCUT2D eigenvalue weighted by Gasteiger charge is -2.20. The van der Waals surface area contributed by atoms with Gasteiger partial charge in [0.15, 0.2) is 0 Å². The molecule has 1 fully saturated rings. The van der Waals surface area contributed by atoms with Gasteiger partial charge in [0.2, 0.25) is 0 Å². The number of nitrogens with two attached hydrogens (primary N) is 1. The smallest absolute Gasteiger partial charge is 0.132 e. The van der Waals surface area contributed by atoms with Crippen LogP contribution in [0.2, 0.25) is 5.02 Å². The van der Waals surface area contributed by atoms with Crippen LogP contribution in [0.5, 0.6) is 0 Å². The Labute approximate surface area is 128 Å². The molecule has 0 spiro atoms. The third-order valence-electron chi connectivity index (χ3n) is 3.72. The zero-order chi connectivity index (χ0) is 15.4. The molecule has 0 unspecified atom stereocenters. The summed E-state index contributed by atoms with van der Waals surface area (Å²) in [4.78, 5) is 4.73. The van der Waals surface area contributed by atoms with Crippen LogP contribution >= 0.6 is 11.6 Å². The quantitative estimate of drug-likeness (QED) is 0.884. The van der Waals surface area contributed by atoms with Crippen molar-refractivity contribution in [1.82, 2.24) is 9.55 Å². The minimum Gasteiger partial charge on any atom is -0.383 e. The SMILES string of the molecule is CC(C)(C)c1nc(-c2ccc(F)cc2Cl)c(N)n1C1CC1. The fraction of sp³-hybridized carbons (Fsp3) is 0.438. The van der Waals surface area contributed by atoms with Gasteiger partial charge >= 0.3 is 0 Å². The molecule has 3 rings (SSSR count). The molecule has 1 aromatic heterocycles. The number of nitrogens with zero attached hydrogens (tertiary/aromatic N) is 2. The van der Waals surface area contributed by atoms with Crippen molar-refractivity contribution in [2.45, 2.75) is 45.1 Å². The zero-order valence-corrected chi connectivity index (χ0v) is 13.2. The van der Waals surface area contributed by atoms with Crippen LogP contribution in [0.25, 0.3) is 11.3 Å². The minimum absolute atomic E-state index is 0.110. The van der Waals surface area contributed by atoms with Crippen LogP contribution < -0.4 is 5.73 Å². The van der Waals surface area contributed by atoms with Crippen LogP contribution in [0.1, 0.15) is 45.5 Å². The monoisotopic (exact) mass is 307 g/mol. The van der Waals surface area contributed by atoms with Crippen molar-refractivity contribution >= 4 is 17.4 Å². The van der Waals surface area contributed by atoms with E-state index >= 15 is 0 Å². The average Bonchev–Trinajstić information content (AvgIpc) is 3.13. The Bertz CT molecular complexity index is 696. The molecule has 1 aliphatic carbocycles. The van der Waals surface area contributed by atoms with E-state index < -0.39 is 0 Å². The zero-order valence-electron chi connectivity index (χ0n) is 12.5. The van der Waals surface area contributed by atoms with Crippen molar-refractivity contribution in [3.63, 3.8) is 0 Å². The van der Waals surface area contributed by atoms with E-state index in [9.17, 15) is 4.39 Å². The van der Waals surface area contributed by atoms with E-state index in [1.165, 1.54) is 12.1 Å². The molecule has 1 heterocycles. The number of imidazole rings is 1. The van der Waals surface area contributed by atoms with Gasteiger partial charge in [-0.05, 0) is 31.0 Å². The van der Waals surface area contributed by atoms with E-state index in [0.29, 0.717) is 28.1 Å². The first kappa shape index (κ1) is 14.4. The number of halogens is 2. The Hall–Kier alpha value is -1.55. The molecule has 5 heteroatoms. The van der Waals surface area contributed by atoms with E-state index in [-0.39, 0.29) is 11.2 Å². The van der Waals surface area contributed by atoms with Gasteiger partial charge in [-0.15, -0.1) is 0 Å². The molecule has 1 aromatic carbocycles. The molecule has 21 heavy (non-hydrogen) atoms. The van der Waals surface area contributed by atoms with Crippen LogP contribution in [0.4, 0.5) is 10.2 Å².